The summed E-state index contributed by atoms with van der Waals surface area (Å²) >= 11 is 0. The minimum atomic E-state index is -3.48. The molecule has 0 aromatic heterocycles. The van der Waals surface area contributed by atoms with E-state index in [-0.39, 0.29) is 18.4 Å². The Morgan fingerprint density at radius 2 is 1.55 bits per heavy atom. The zero-order valence-electron chi connectivity index (χ0n) is 12.8. The highest BCUT2D eigenvalue weighted by Gasteiger charge is 2.27. The Morgan fingerprint density at radius 3 is 2.00 bits per heavy atom. The van der Waals surface area contributed by atoms with Crippen LogP contribution in [0.15, 0.2) is 29.2 Å². The number of rotatable bonds is 7. The molecule has 0 fully saturated rings. The number of nitrogens with two attached hydrogens (primary N) is 1. The number of hydrogen-bond acceptors (Lipinski definition) is 3. The first-order valence-electron chi connectivity index (χ1n) is 7.07. The molecule has 0 aliphatic heterocycles. The van der Waals surface area contributed by atoms with Crippen LogP contribution in [-0.4, -0.2) is 25.8 Å². The second-order valence-electron chi connectivity index (χ2n) is 5.92. The van der Waals surface area contributed by atoms with Crippen molar-refractivity contribution in [2.45, 2.75) is 39.1 Å². The maximum absolute atomic E-state index is 12.9. The predicted molar refractivity (Wildman–Crippen MR) is 82.8 cm³/mol. The molecule has 0 saturated heterocycles. The van der Waals surface area contributed by atoms with Crippen LogP contribution in [0.2, 0.25) is 0 Å². The summed E-state index contributed by atoms with van der Waals surface area (Å²) in [5.41, 5.74) is 6.34. The molecule has 0 aliphatic carbocycles. The summed E-state index contributed by atoms with van der Waals surface area (Å²) in [6, 6.07) is 6.98. The molecule has 0 atom stereocenters. The van der Waals surface area contributed by atoms with E-state index in [1.54, 1.807) is 22.5 Å². The molecule has 0 unspecified atom stereocenters. The fraction of sp³-hybridized carbons (Fsp3) is 0.600. The van der Waals surface area contributed by atoms with Gasteiger partial charge in [0.05, 0.1) is 4.90 Å². The predicted octanol–water partition coefficient (Wildman–Crippen LogP) is 2.45. The molecule has 1 rings (SSSR count). The third-order valence-electron chi connectivity index (χ3n) is 2.95. The first-order valence-corrected chi connectivity index (χ1v) is 8.51. The monoisotopic (exact) mass is 298 g/mol. The van der Waals surface area contributed by atoms with E-state index in [2.05, 4.69) is 0 Å². The number of benzene rings is 1. The van der Waals surface area contributed by atoms with Crippen LogP contribution < -0.4 is 5.73 Å². The van der Waals surface area contributed by atoms with Crippen molar-refractivity contribution in [2.75, 3.05) is 13.1 Å². The van der Waals surface area contributed by atoms with Crippen LogP contribution in [0, 0.1) is 11.8 Å². The normalized spacial score (nSPS) is 12.6. The van der Waals surface area contributed by atoms with Crippen molar-refractivity contribution in [1.29, 1.82) is 0 Å². The molecule has 0 radical (unpaired) electrons. The van der Waals surface area contributed by atoms with Gasteiger partial charge < -0.3 is 5.73 Å². The van der Waals surface area contributed by atoms with Crippen molar-refractivity contribution in [3.8, 4) is 0 Å². The molecule has 114 valence electrons. The van der Waals surface area contributed by atoms with Gasteiger partial charge in [-0.15, -0.1) is 0 Å². The second kappa shape index (κ2) is 7.20. The summed E-state index contributed by atoms with van der Waals surface area (Å²) in [4.78, 5) is 0.337. The molecule has 0 bridgehead atoms. The van der Waals surface area contributed by atoms with Gasteiger partial charge in [-0.1, -0.05) is 45.9 Å². The SMILES string of the molecule is CC(C)CN(CC(C)C)S(=O)(=O)c1ccccc1CN. The Hall–Kier alpha value is -0.910. The maximum atomic E-state index is 12.9. The van der Waals surface area contributed by atoms with Crippen LogP contribution in [0.4, 0.5) is 0 Å². The average Bonchev–Trinajstić information content (AvgIpc) is 2.36. The Labute approximate surface area is 123 Å². The summed E-state index contributed by atoms with van der Waals surface area (Å²) in [5, 5.41) is 0. The molecule has 4 nitrogen and oxygen atoms in total. The lowest BCUT2D eigenvalue weighted by Gasteiger charge is -2.26. The largest absolute Gasteiger partial charge is 0.326 e. The molecule has 2 N–H and O–H groups in total. The maximum Gasteiger partial charge on any atom is 0.243 e. The van der Waals surface area contributed by atoms with Gasteiger partial charge in [0.1, 0.15) is 0 Å². The van der Waals surface area contributed by atoms with Gasteiger partial charge in [0.15, 0.2) is 0 Å². The van der Waals surface area contributed by atoms with Crippen molar-refractivity contribution >= 4 is 10.0 Å². The number of nitrogens with zero attached hydrogens (tertiary/aromatic N) is 1. The molecule has 0 saturated carbocycles. The van der Waals surface area contributed by atoms with Crippen molar-refractivity contribution in [3.05, 3.63) is 29.8 Å². The zero-order valence-corrected chi connectivity index (χ0v) is 13.7. The molecule has 5 heteroatoms. The molecule has 0 amide bonds. The van der Waals surface area contributed by atoms with Crippen molar-refractivity contribution in [1.82, 2.24) is 4.31 Å². The third-order valence-corrected chi connectivity index (χ3v) is 4.88. The first-order chi connectivity index (χ1) is 9.28. The Kier molecular flexibility index (Phi) is 6.17. The fourth-order valence-electron chi connectivity index (χ4n) is 2.15. The van der Waals surface area contributed by atoms with Gasteiger partial charge in [0.25, 0.3) is 0 Å². The van der Waals surface area contributed by atoms with Gasteiger partial charge in [-0.25, -0.2) is 8.42 Å². The molecule has 20 heavy (non-hydrogen) atoms. The number of sulfonamides is 1. The van der Waals surface area contributed by atoms with Gasteiger partial charge in [-0.2, -0.15) is 4.31 Å². The summed E-state index contributed by atoms with van der Waals surface area (Å²) in [5.74, 6) is 0.571. The van der Waals surface area contributed by atoms with E-state index >= 15 is 0 Å². The van der Waals surface area contributed by atoms with E-state index < -0.39 is 10.0 Å². The lowest BCUT2D eigenvalue weighted by Crippen LogP contribution is -2.37. The summed E-state index contributed by atoms with van der Waals surface area (Å²) in [6.07, 6.45) is 0. The molecular weight excluding hydrogens is 272 g/mol. The third kappa shape index (κ3) is 4.30. The van der Waals surface area contributed by atoms with Crippen molar-refractivity contribution in [2.24, 2.45) is 17.6 Å². The van der Waals surface area contributed by atoms with Gasteiger partial charge in [0, 0.05) is 19.6 Å². The van der Waals surface area contributed by atoms with E-state index in [4.69, 9.17) is 5.73 Å². The van der Waals surface area contributed by atoms with Crippen LogP contribution in [-0.2, 0) is 16.6 Å². The Bertz CT molecular complexity index is 514. The summed E-state index contributed by atoms with van der Waals surface area (Å²) < 4.78 is 27.3. The number of hydrogen-bond donors (Lipinski definition) is 1. The van der Waals surface area contributed by atoms with Crippen LogP contribution in [0.5, 0.6) is 0 Å². The topological polar surface area (TPSA) is 63.4 Å². The molecule has 0 spiro atoms. The van der Waals surface area contributed by atoms with Crippen molar-refractivity contribution in [3.63, 3.8) is 0 Å². The van der Waals surface area contributed by atoms with Gasteiger partial charge in [0.2, 0.25) is 10.0 Å². The molecule has 1 aromatic rings. The molecule has 0 heterocycles. The second-order valence-corrected chi connectivity index (χ2v) is 7.83. The van der Waals surface area contributed by atoms with Crippen molar-refractivity contribution < 1.29 is 8.42 Å². The molecular formula is C15H26N2O2S. The minimum Gasteiger partial charge on any atom is -0.326 e. The minimum absolute atomic E-state index is 0.229. The smallest absolute Gasteiger partial charge is 0.243 e. The lowest BCUT2D eigenvalue weighted by molar-refractivity contribution is 0.333. The van der Waals surface area contributed by atoms with E-state index in [0.717, 1.165) is 0 Å². The highest BCUT2D eigenvalue weighted by molar-refractivity contribution is 7.89. The van der Waals surface area contributed by atoms with E-state index in [0.29, 0.717) is 23.5 Å². The fourth-order valence-corrected chi connectivity index (χ4v) is 4.15. The van der Waals surface area contributed by atoms with Crippen LogP contribution in [0.1, 0.15) is 33.3 Å². The highest BCUT2D eigenvalue weighted by atomic mass is 32.2. The Morgan fingerprint density at radius 1 is 1.05 bits per heavy atom. The average molecular weight is 298 g/mol. The standard InChI is InChI=1S/C15H26N2O2S/c1-12(2)10-17(11-13(3)4)20(18,19)15-8-6-5-7-14(15)9-16/h5-8,12-13H,9-11,16H2,1-4H3. The van der Waals surface area contributed by atoms with Gasteiger partial charge in [-0.05, 0) is 23.5 Å². The highest BCUT2D eigenvalue weighted by Crippen LogP contribution is 2.22. The lowest BCUT2D eigenvalue weighted by atomic mass is 10.2. The van der Waals surface area contributed by atoms with Gasteiger partial charge >= 0.3 is 0 Å². The summed E-state index contributed by atoms with van der Waals surface area (Å²) in [7, 11) is -3.48. The summed E-state index contributed by atoms with van der Waals surface area (Å²) in [6.45, 7) is 9.39. The van der Waals surface area contributed by atoms with Crippen LogP contribution >= 0.6 is 0 Å². The van der Waals surface area contributed by atoms with Crippen LogP contribution in [0.25, 0.3) is 0 Å². The first kappa shape index (κ1) is 17.1. The molecule has 1 aromatic carbocycles. The van der Waals surface area contributed by atoms with E-state index in [1.807, 2.05) is 33.8 Å². The molecule has 0 aliphatic rings. The quantitative estimate of drug-likeness (QED) is 0.841. The van der Waals surface area contributed by atoms with Gasteiger partial charge in [-0.3, -0.25) is 0 Å². The Balaban J connectivity index is 3.21. The zero-order chi connectivity index (χ0) is 15.3. The van der Waals surface area contributed by atoms with E-state index in [9.17, 15) is 8.42 Å². The van der Waals surface area contributed by atoms with E-state index in [1.165, 1.54) is 0 Å². The van der Waals surface area contributed by atoms with Crippen LogP contribution in [0.3, 0.4) is 0 Å².